The van der Waals surface area contributed by atoms with Crippen LogP contribution in [0.4, 0.5) is 0 Å². The second kappa shape index (κ2) is 8.25. The van der Waals surface area contributed by atoms with Crippen LogP contribution in [0.3, 0.4) is 0 Å². The molecule has 0 amide bonds. The second-order valence-electron chi connectivity index (χ2n) is 2.23. The maximum Gasteiger partial charge on any atom is 0.0540 e. The highest BCUT2D eigenvalue weighted by Crippen LogP contribution is 2.02. The van der Waals surface area contributed by atoms with Gasteiger partial charge in [-0.1, -0.05) is 26.7 Å². The van der Waals surface area contributed by atoms with Gasteiger partial charge in [-0.15, -0.1) is 12.4 Å². The molecule has 0 fully saturated rings. The Morgan fingerprint density at radius 2 is 1.44 bits per heavy atom. The van der Waals surface area contributed by atoms with Crippen LogP contribution in [0.2, 0.25) is 0 Å². The van der Waals surface area contributed by atoms with Crippen molar-refractivity contribution >= 4 is 12.4 Å². The van der Waals surface area contributed by atoms with Gasteiger partial charge in [0.25, 0.3) is 0 Å². The zero-order valence-corrected chi connectivity index (χ0v) is 7.08. The number of aliphatic hydroxyl groups is 1. The molecule has 0 saturated heterocycles. The first kappa shape index (κ1) is 12.0. The number of halogens is 1. The Bertz CT molecular complexity index is 42.2. The Labute approximate surface area is 63.9 Å². The molecular weight excluding hydrogens is 136 g/mol. The summed E-state index contributed by atoms with van der Waals surface area (Å²) < 4.78 is 0. The third kappa shape index (κ3) is 8.25. The van der Waals surface area contributed by atoms with E-state index in [4.69, 9.17) is 5.11 Å². The minimum absolute atomic E-state index is 0. The van der Waals surface area contributed by atoms with Gasteiger partial charge in [-0.3, -0.25) is 0 Å². The summed E-state index contributed by atoms with van der Waals surface area (Å²) in [5, 5.41) is 9.05. The first-order chi connectivity index (χ1) is 3.81. The Kier molecular flexibility index (Phi) is 11.0. The fourth-order valence-electron chi connectivity index (χ4n) is 0.811. The van der Waals surface area contributed by atoms with Crippen molar-refractivity contribution in [1.82, 2.24) is 0 Å². The lowest BCUT2D eigenvalue weighted by Crippen LogP contribution is -2.03. The molecule has 9 heavy (non-hydrogen) atoms. The monoisotopic (exact) mass is 152 g/mol. The molecule has 2 heteroatoms. The highest BCUT2D eigenvalue weighted by molar-refractivity contribution is 5.85. The molecule has 0 aliphatic carbocycles. The Hall–Kier alpha value is 0.250. The van der Waals surface area contributed by atoms with Crippen LogP contribution in [-0.2, 0) is 0 Å². The van der Waals surface area contributed by atoms with E-state index < -0.39 is 0 Å². The zero-order valence-electron chi connectivity index (χ0n) is 6.26. The largest absolute Gasteiger partial charge is 0.393 e. The van der Waals surface area contributed by atoms with Crippen LogP contribution in [0.1, 0.15) is 39.5 Å². The Morgan fingerprint density at radius 1 is 1.11 bits per heavy atom. The van der Waals surface area contributed by atoms with E-state index >= 15 is 0 Å². The van der Waals surface area contributed by atoms with Crippen molar-refractivity contribution in [1.29, 1.82) is 0 Å². The van der Waals surface area contributed by atoms with E-state index in [2.05, 4.69) is 13.8 Å². The Balaban J connectivity index is 0. The molecule has 0 atom stereocenters. The smallest absolute Gasteiger partial charge is 0.0540 e. The summed E-state index contributed by atoms with van der Waals surface area (Å²) in [7, 11) is 0. The number of hydrogen-bond acceptors (Lipinski definition) is 1. The number of rotatable bonds is 4. The quantitative estimate of drug-likeness (QED) is 0.656. The van der Waals surface area contributed by atoms with Gasteiger partial charge in [-0.05, 0) is 12.8 Å². The lowest BCUT2D eigenvalue weighted by Gasteiger charge is -2.04. The fourth-order valence-corrected chi connectivity index (χ4v) is 0.811. The predicted octanol–water partition coefficient (Wildman–Crippen LogP) is 2.37. The van der Waals surface area contributed by atoms with E-state index in [1.165, 1.54) is 0 Å². The van der Waals surface area contributed by atoms with Crippen LogP contribution in [0.25, 0.3) is 0 Å². The van der Waals surface area contributed by atoms with E-state index in [0.717, 1.165) is 25.7 Å². The Morgan fingerprint density at radius 3 is 1.67 bits per heavy atom. The van der Waals surface area contributed by atoms with Gasteiger partial charge in [0.1, 0.15) is 0 Å². The summed E-state index contributed by atoms with van der Waals surface area (Å²) in [4.78, 5) is 0. The normalized spacial score (nSPS) is 9.33. The van der Waals surface area contributed by atoms with Gasteiger partial charge in [0.05, 0.1) is 6.10 Å². The minimum Gasteiger partial charge on any atom is -0.393 e. The van der Waals surface area contributed by atoms with Gasteiger partial charge in [-0.25, -0.2) is 0 Å². The highest BCUT2D eigenvalue weighted by atomic mass is 35.5. The molecule has 0 aliphatic heterocycles. The molecule has 0 spiro atoms. The average molecular weight is 153 g/mol. The molecule has 0 unspecified atom stereocenters. The van der Waals surface area contributed by atoms with Gasteiger partial charge < -0.3 is 5.11 Å². The van der Waals surface area contributed by atoms with E-state index in [0.29, 0.717) is 0 Å². The third-order valence-electron chi connectivity index (χ3n) is 1.24. The van der Waals surface area contributed by atoms with Gasteiger partial charge in [0.2, 0.25) is 0 Å². The predicted molar refractivity (Wildman–Crippen MR) is 43.1 cm³/mol. The molecule has 1 nitrogen and oxygen atoms in total. The zero-order chi connectivity index (χ0) is 6.41. The molecule has 0 aromatic heterocycles. The highest BCUT2D eigenvalue weighted by Gasteiger charge is 1.97. The van der Waals surface area contributed by atoms with Gasteiger partial charge in [0, 0.05) is 0 Å². The van der Waals surface area contributed by atoms with Crippen LogP contribution < -0.4 is 0 Å². The van der Waals surface area contributed by atoms with Crippen molar-refractivity contribution in [2.75, 3.05) is 0 Å². The summed E-state index contributed by atoms with van der Waals surface area (Å²) >= 11 is 0. The van der Waals surface area contributed by atoms with E-state index in [1.54, 1.807) is 0 Å². The third-order valence-corrected chi connectivity index (χ3v) is 1.24. The molecule has 0 aromatic rings. The molecule has 0 aliphatic rings. The fraction of sp³-hybridized carbons (Fsp3) is 1.00. The summed E-state index contributed by atoms with van der Waals surface area (Å²) in [5.41, 5.74) is 0. The lowest BCUT2D eigenvalue weighted by molar-refractivity contribution is 0.153. The topological polar surface area (TPSA) is 20.2 Å². The SMILES string of the molecule is CCCC(O)CCC.Cl. The molecule has 0 bridgehead atoms. The molecule has 0 saturated carbocycles. The first-order valence-corrected chi connectivity index (χ1v) is 3.49. The van der Waals surface area contributed by atoms with Crippen molar-refractivity contribution in [3.63, 3.8) is 0 Å². The van der Waals surface area contributed by atoms with Crippen molar-refractivity contribution in [3.05, 3.63) is 0 Å². The maximum atomic E-state index is 9.05. The van der Waals surface area contributed by atoms with Gasteiger partial charge in [-0.2, -0.15) is 0 Å². The summed E-state index contributed by atoms with van der Waals surface area (Å²) in [5.74, 6) is 0. The van der Waals surface area contributed by atoms with Crippen LogP contribution >= 0.6 is 12.4 Å². The van der Waals surface area contributed by atoms with Crippen LogP contribution in [0, 0.1) is 0 Å². The van der Waals surface area contributed by atoms with Crippen molar-refractivity contribution in [2.24, 2.45) is 0 Å². The van der Waals surface area contributed by atoms with Crippen molar-refractivity contribution in [2.45, 2.75) is 45.6 Å². The molecule has 0 heterocycles. The molecule has 0 radical (unpaired) electrons. The first-order valence-electron chi connectivity index (χ1n) is 3.49. The molecular formula is C7H17ClO. The summed E-state index contributed by atoms with van der Waals surface area (Å²) in [6.07, 6.45) is 4.09. The van der Waals surface area contributed by atoms with Gasteiger partial charge >= 0.3 is 0 Å². The number of aliphatic hydroxyl groups excluding tert-OH is 1. The van der Waals surface area contributed by atoms with Crippen molar-refractivity contribution in [3.8, 4) is 0 Å². The van der Waals surface area contributed by atoms with Crippen LogP contribution in [0.15, 0.2) is 0 Å². The van der Waals surface area contributed by atoms with Gasteiger partial charge in [0.15, 0.2) is 0 Å². The maximum absolute atomic E-state index is 9.05. The van der Waals surface area contributed by atoms with Crippen molar-refractivity contribution < 1.29 is 5.11 Å². The standard InChI is InChI=1S/C7H16O.ClH/c1-3-5-7(8)6-4-2;/h7-8H,3-6H2,1-2H3;1H. The second-order valence-corrected chi connectivity index (χ2v) is 2.23. The average Bonchev–Trinajstić information content (AvgIpc) is 1.68. The number of hydrogen-bond donors (Lipinski definition) is 1. The summed E-state index contributed by atoms with van der Waals surface area (Å²) in [6, 6.07) is 0. The molecule has 0 aromatic carbocycles. The molecule has 0 rings (SSSR count). The van der Waals surface area contributed by atoms with Crippen LogP contribution in [0.5, 0.6) is 0 Å². The summed E-state index contributed by atoms with van der Waals surface area (Å²) in [6.45, 7) is 4.19. The van der Waals surface area contributed by atoms with E-state index in [9.17, 15) is 0 Å². The lowest BCUT2D eigenvalue weighted by atomic mass is 10.1. The van der Waals surface area contributed by atoms with E-state index in [-0.39, 0.29) is 18.5 Å². The van der Waals surface area contributed by atoms with Crippen LogP contribution in [-0.4, -0.2) is 11.2 Å². The minimum atomic E-state index is -0.0370. The molecule has 1 N–H and O–H groups in total. The molecule has 58 valence electrons. The van der Waals surface area contributed by atoms with E-state index in [1.807, 2.05) is 0 Å².